The van der Waals surface area contributed by atoms with Crippen LogP contribution in [0.2, 0.25) is 15.1 Å². The molecule has 2 aromatic heterocycles. The molecule has 6 nitrogen and oxygen atoms in total. The van der Waals surface area contributed by atoms with Gasteiger partial charge >= 0.3 is 0 Å². The maximum absolute atomic E-state index is 12.5. The van der Waals surface area contributed by atoms with Crippen molar-refractivity contribution in [2.75, 3.05) is 5.32 Å². The highest BCUT2D eigenvalue weighted by Crippen LogP contribution is 2.26. The van der Waals surface area contributed by atoms with Crippen LogP contribution in [-0.4, -0.2) is 25.5 Å². The van der Waals surface area contributed by atoms with E-state index in [1.165, 1.54) is 4.68 Å². The van der Waals surface area contributed by atoms with E-state index in [1.54, 1.807) is 37.0 Å². The zero-order valence-electron chi connectivity index (χ0n) is 13.7. The number of amides is 1. The lowest BCUT2D eigenvalue weighted by atomic mass is 10.2. The molecule has 0 aliphatic heterocycles. The molecule has 3 aromatic rings. The zero-order valence-corrected chi connectivity index (χ0v) is 17.6. The van der Waals surface area contributed by atoms with Gasteiger partial charge in [-0.25, -0.2) is 0 Å². The van der Waals surface area contributed by atoms with Crippen molar-refractivity contribution in [2.24, 2.45) is 7.05 Å². The predicted molar refractivity (Wildman–Crippen MR) is 106 cm³/mol. The zero-order chi connectivity index (χ0) is 19.0. The largest absolute Gasteiger partial charge is 0.302 e. The molecule has 0 unspecified atom stereocenters. The first-order valence-electron chi connectivity index (χ1n) is 7.43. The van der Waals surface area contributed by atoms with E-state index < -0.39 is 0 Å². The summed E-state index contributed by atoms with van der Waals surface area (Å²) in [6, 6.07) is 5.22. The second-order valence-electron chi connectivity index (χ2n) is 5.58. The topological polar surface area (TPSA) is 64.7 Å². The molecular weight excluding hydrogens is 464 g/mol. The molecule has 0 spiro atoms. The molecule has 0 radical (unpaired) electrons. The van der Waals surface area contributed by atoms with Crippen LogP contribution in [0.4, 0.5) is 5.82 Å². The Labute approximate surface area is 173 Å². The van der Waals surface area contributed by atoms with E-state index >= 15 is 0 Å². The first-order valence-corrected chi connectivity index (χ1v) is 9.36. The monoisotopic (exact) mass is 475 g/mol. The Morgan fingerprint density at radius 2 is 1.96 bits per heavy atom. The lowest BCUT2D eigenvalue weighted by molar-refractivity contribution is 0.101. The molecule has 0 aliphatic rings. The molecule has 1 N–H and O–H groups in total. The van der Waals surface area contributed by atoms with Crippen LogP contribution >= 0.6 is 50.7 Å². The van der Waals surface area contributed by atoms with Gasteiger partial charge in [-0.2, -0.15) is 10.2 Å². The van der Waals surface area contributed by atoms with Gasteiger partial charge in [0, 0.05) is 23.3 Å². The smallest absolute Gasteiger partial charge is 0.276 e. The third kappa shape index (κ3) is 3.91. The summed E-state index contributed by atoms with van der Waals surface area (Å²) < 4.78 is 3.71. The van der Waals surface area contributed by atoms with Gasteiger partial charge in [0.05, 0.1) is 16.7 Å². The molecular formula is C16H13BrCl3N5O. The maximum Gasteiger partial charge on any atom is 0.276 e. The molecule has 0 fully saturated rings. The third-order valence-electron chi connectivity index (χ3n) is 3.66. The molecule has 10 heteroatoms. The number of carbonyl (C=O) groups excluding carboxylic acids is 1. The molecule has 1 aromatic carbocycles. The number of aryl methyl sites for hydroxylation is 2. The summed E-state index contributed by atoms with van der Waals surface area (Å²) in [5, 5.41) is 12.6. The standard InChI is InChI=1S/C16H13BrCl3N5O/c1-8-13(17)14(24(2)22-8)16(26)21-15-12(20)7-25(23-15)6-9-3-4-10(18)5-11(9)19/h3-5,7H,6H2,1-2H3,(H,21,23,26). The van der Waals surface area contributed by atoms with E-state index in [4.69, 9.17) is 34.8 Å². The molecule has 3 rings (SSSR count). The molecule has 26 heavy (non-hydrogen) atoms. The van der Waals surface area contributed by atoms with E-state index in [2.05, 4.69) is 31.4 Å². The number of rotatable bonds is 4. The Kier molecular flexibility index (Phi) is 5.62. The van der Waals surface area contributed by atoms with E-state index in [0.717, 1.165) is 5.56 Å². The van der Waals surface area contributed by atoms with Crippen LogP contribution in [0.5, 0.6) is 0 Å². The molecule has 0 atom stereocenters. The number of nitrogens with one attached hydrogen (secondary N) is 1. The average molecular weight is 478 g/mol. The summed E-state index contributed by atoms with van der Waals surface area (Å²) in [7, 11) is 1.69. The van der Waals surface area contributed by atoms with E-state index in [9.17, 15) is 4.79 Å². The van der Waals surface area contributed by atoms with Crippen LogP contribution in [0.3, 0.4) is 0 Å². The van der Waals surface area contributed by atoms with Gasteiger partial charge in [-0.05, 0) is 40.5 Å². The molecule has 1 amide bonds. The minimum Gasteiger partial charge on any atom is -0.302 e. The molecule has 0 aliphatic carbocycles. The molecule has 0 saturated heterocycles. The Morgan fingerprint density at radius 3 is 2.58 bits per heavy atom. The summed E-state index contributed by atoms with van der Waals surface area (Å²) in [5.41, 5.74) is 1.93. The van der Waals surface area contributed by atoms with Crippen molar-refractivity contribution in [3.63, 3.8) is 0 Å². The van der Waals surface area contributed by atoms with Gasteiger partial charge in [0.15, 0.2) is 5.82 Å². The molecule has 136 valence electrons. The van der Waals surface area contributed by atoms with Crippen LogP contribution in [-0.2, 0) is 13.6 Å². The molecule has 0 bridgehead atoms. The Morgan fingerprint density at radius 1 is 1.23 bits per heavy atom. The number of halogens is 4. The summed E-state index contributed by atoms with van der Waals surface area (Å²) in [4.78, 5) is 12.5. The van der Waals surface area contributed by atoms with Crippen molar-refractivity contribution in [2.45, 2.75) is 13.5 Å². The van der Waals surface area contributed by atoms with Crippen LogP contribution in [0.15, 0.2) is 28.9 Å². The van der Waals surface area contributed by atoms with Gasteiger partial charge in [-0.1, -0.05) is 40.9 Å². The Bertz CT molecular complexity index is 998. The lowest BCUT2D eigenvalue weighted by Gasteiger charge is -2.05. The van der Waals surface area contributed by atoms with E-state index in [0.29, 0.717) is 37.5 Å². The van der Waals surface area contributed by atoms with Crippen molar-refractivity contribution >= 4 is 62.5 Å². The number of aromatic nitrogens is 4. The number of hydrogen-bond donors (Lipinski definition) is 1. The molecule has 0 saturated carbocycles. The first kappa shape index (κ1) is 19.2. The van der Waals surface area contributed by atoms with Gasteiger partial charge in [0.1, 0.15) is 10.7 Å². The summed E-state index contributed by atoms with van der Waals surface area (Å²) in [5.74, 6) is -0.107. The number of carbonyl (C=O) groups is 1. The van der Waals surface area contributed by atoms with Crippen molar-refractivity contribution < 1.29 is 4.79 Å². The second-order valence-corrected chi connectivity index (χ2v) is 7.63. The minimum absolute atomic E-state index is 0.257. The van der Waals surface area contributed by atoms with Crippen molar-refractivity contribution in [3.05, 3.63) is 60.9 Å². The van der Waals surface area contributed by atoms with Crippen LogP contribution in [0, 0.1) is 6.92 Å². The van der Waals surface area contributed by atoms with E-state index in [1.807, 2.05) is 6.07 Å². The van der Waals surface area contributed by atoms with Gasteiger partial charge in [0.25, 0.3) is 5.91 Å². The third-order valence-corrected chi connectivity index (χ3v) is 5.47. The van der Waals surface area contributed by atoms with Crippen molar-refractivity contribution in [1.29, 1.82) is 0 Å². The summed E-state index contributed by atoms with van der Waals surface area (Å²) in [6.07, 6.45) is 1.62. The van der Waals surface area contributed by atoms with Crippen LogP contribution in [0.25, 0.3) is 0 Å². The van der Waals surface area contributed by atoms with E-state index in [-0.39, 0.29) is 11.7 Å². The fraction of sp³-hybridized carbons (Fsp3) is 0.188. The van der Waals surface area contributed by atoms with Gasteiger partial charge in [0.2, 0.25) is 0 Å². The van der Waals surface area contributed by atoms with Crippen molar-refractivity contribution in [1.82, 2.24) is 19.6 Å². The predicted octanol–water partition coefficient (Wildman–Crippen LogP) is 4.95. The van der Waals surface area contributed by atoms with Gasteiger partial charge < -0.3 is 5.32 Å². The number of nitrogens with zero attached hydrogens (tertiary/aromatic N) is 4. The lowest BCUT2D eigenvalue weighted by Crippen LogP contribution is -2.17. The summed E-state index contributed by atoms with van der Waals surface area (Å²) in [6.45, 7) is 2.19. The normalized spacial score (nSPS) is 11.0. The molecule has 2 heterocycles. The Hall–Kier alpha value is -1.54. The summed E-state index contributed by atoms with van der Waals surface area (Å²) >= 11 is 21.7. The fourth-order valence-electron chi connectivity index (χ4n) is 2.43. The highest BCUT2D eigenvalue weighted by Gasteiger charge is 2.20. The number of benzene rings is 1. The SMILES string of the molecule is Cc1nn(C)c(C(=O)Nc2nn(Cc3ccc(Cl)cc3Cl)cc2Cl)c1Br. The Balaban J connectivity index is 1.81. The second kappa shape index (κ2) is 7.60. The highest BCUT2D eigenvalue weighted by atomic mass is 79.9. The maximum atomic E-state index is 12.5. The average Bonchev–Trinajstić information content (AvgIpc) is 3.01. The quantitative estimate of drug-likeness (QED) is 0.578. The minimum atomic E-state index is -0.364. The van der Waals surface area contributed by atoms with Gasteiger partial charge in [-0.15, -0.1) is 0 Å². The van der Waals surface area contributed by atoms with Gasteiger partial charge in [-0.3, -0.25) is 14.2 Å². The van der Waals surface area contributed by atoms with Crippen LogP contribution < -0.4 is 5.32 Å². The first-order chi connectivity index (χ1) is 12.3. The fourth-order valence-corrected chi connectivity index (χ4v) is 3.61. The van der Waals surface area contributed by atoms with Crippen LogP contribution in [0.1, 0.15) is 21.7 Å². The highest BCUT2D eigenvalue weighted by molar-refractivity contribution is 9.10. The number of hydrogen-bond acceptors (Lipinski definition) is 3. The van der Waals surface area contributed by atoms with Crippen molar-refractivity contribution in [3.8, 4) is 0 Å². The number of anilines is 1.